The molecule has 0 radical (unpaired) electrons. The van der Waals surface area contributed by atoms with Crippen molar-refractivity contribution in [3.05, 3.63) is 466 Å². The predicted octanol–water partition coefficient (Wildman–Crippen LogP) is 21.5. The Balaban J connectivity index is 0.000000158. The third-order valence-corrected chi connectivity index (χ3v) is 20.3. The van der Waals surface area contributed by atoms with Crippen molar-refractivity contribution in [1.29, 1.82) is 0 Å². The summed E-state index contributed by atoms with van der Waals surface area (Å²) in [6.45, 7) is 10.7. The van der Waals surface area contributed by atoms with Gasteiger partial charge in [-0.15, -0.1) is 0 Å². The summed E-state index contributed by atoms with van der Waals surface area (Å²) < 4.78 is 303. The minimum Gasteiger partial charge on any atom is -0.324 e. The van der Waals surface area contributed by atoms with Crippen LogP contribution in [0.2, 0.25) is 0 Å². The molecule has 0 aliphatic rings. The molecule has 0 spiro atoms. The number of nitrogens with one attached hydrogen (secondary N) is 8. The van der Waals surface area contributed by atoms with E-state index >= 15 is 0 Å². The standard InChI is InChI=1S/2C29H26N6O.2C28H25N7O/c2*1-19-9-12-35(18-19)25-14-20(2)13-24(16-25)32-28(36)22-7-6-21(3)27(15-22)34-29-31-11-8-26(33-29)23-5-4-10-30-17-23;2*1-18-11-23(14-24(12-18)35-16-20(3)31-17-35)32-27(36)21-7-6-19(2)26(13-21)34-28-30-10-8-25(33-28)22-5-4-9-29-15-22/h2*4-18H,1-3H3,(H,32,36)(H,31,33,34);2*4-17H,1-3H3,(H,32,36)(H,30,33,34)/i4D,5D,8D,10D,11D,13D,14D,16D,17D;3D3,8D,11D,12D,13D,14D,16D,18D;2D3,8D,10D,11D,12D,14D,16D,17D;8D,10D,11D,12D,14D,16D,17D. The summed E-state index contributed by atoms with van der Waals surface area (Å²) in [5.74, 6) is -2.96. The number of aromatic nitrogens is 18. The van der Waals surface area contributed by atoms with Crippen molar-refractivity contribution in [2.45, 2.75) is 82.9 Å². The van der Waals surface area contributed by atoms with Gasteiger partial charge in [-0.3, -0.25) is 39.1 Å². The van der Waals surface area contributed by atoms with Crippen LogP contribution in [0.3, 0.4) is 0 Å². The van der Waals surface area contributed by atoms with Gasteiger partial charge in [0.1, 0.15) is 2.74 Å². The van der Waals surface area contributed by atoms with Crippen LogP contribution in [0, 0.1) is 82.9 Å². The Bertz CT molecular complexity index is 10300. The van der Waals surface area contributed by atoms with E-state index in [2.05, 4.69) is 111 Å². The highest BCUT2D eigenvalue weighted by atomic mass is 16.2. The number of carbonyl (C=O) groups is 4. The van der Waals surface area contributed by atoms with Gasteiger partial charge < -0.3 is 59.5 Å². The third-order valence-electron chi connectivity index (χ3n) is 20.3. The van der Waals surface area contributed by atoms with Gasteiger partial charge in [-0.2, -0.15) is 0 Å². The minimum atomic E-state index is -2.66. The van der Waals surface area contributed by atoms with Crippen LogP contribution in [-0.4, -0.2) is 112 Å². The number of aromatic amines is 4. The summed E-state index contributed by atoms with van der Waals surface area (Å²) in [7, 11) is 0. The molecule has 12 aromatic heterocycles. The van der Waals surface area contributed by atoms with E-state index in [0.717, 1.165) is 19.3 Å². The normalized spacial score (nSPS) is 15.2. The zero-order valence-electron chi connectivity index (χ0n) is 114. The molecule has 0 saturated heterocycles. The van der Waals surface area contributed by atoms with E-state index in [1.807, 2.05) is 13.0 Å². The lowest BCUT2D eigenvalue weighted by atomic mass is 10.1. The summed E-state index contributed by atoms with van der Waals surface area (Å²) in [6.07, 6.45) is 8.47. The Labute approximate surface area is 880 Å². The van der Waals surface area contributed by atoms with Crippen LogP contribution in [0.15, 0.2) is 374 Å². The first-order valence-corrected chi connectivity index (χ1v) is 43.5. The lowest BCUT2D eigenvalue weighted by Crippen LogP contribution is -2.14. The van der Waals surface area contributed by atoms with Crippen LogP contribution in [0.25, 0.3) is 67.8 Å². The van der Waals surface area contributed by atoms with Gasteiger partial charge in [-0.1, -0.05) is 24.3 Å². The second-order valence-corrected chi connectivity index (χ2v) is 31.5. The summed E-state index contributed by atoms with van der Waals surface area (Å²) in [4.78, 5) is 122. The maximum Gasteiger partial charge on any atom is 0.255 e. The molecule has 20 aromatic rings. The predicted molar refractivity (Wildman–Crippen MR) is 561 cm³/mol. The monoisotopic (exact) mass is 1940 g/mol. The van der Waals surface area contributed by atoms with E-state index in [0.29, 0.717) is 50.3 Å². The molecule has 0 aliphatic carbocycles. The van der Waals surface area contributed by atoms with Crippen molar-refractivity contribution in [3.8, 4) is 67.8 Å². The first-order valence-electron chi connectivity index (χ1n) is 61.5. The van der Waals surface area contributed by atoms with E-state index in [4.69, 9.17) is 49.3 Å². The zero-order valence-corrected chi connectivity index (χ0v) is 77.8. The van der Waals surface area contributed by atoms with Crippen LogP contribution in [0.1, 0.15) is 158 Å². The lowest BCUT2D eigenvalue weighted by Gasteiger charge is -2.11. The van der Waals surface area contributed by atoms with Gasteiger partial charge >= 0.3 is 0 Å². The number of pyridine rings is 4. The fourth-order valence-electron chi connectivity index (χ4n) is 13.4. The number of hydrogen-bond donors (Lipinski definition) is 8. The van der Waals surface area contributed by atoms with Gasteiger partial charge in [0.25, 0.3) is 23.6 Å². The molecule has 0 atom stereocenters. The summed E-state index contributed by atoms with van der Waals surface area (Å²) in [6, 6.07) is 24.4. The number of benzene rings is 8. The zero-order chi connectivity index (χ0) is 131. The third kappa shape index (κ3) is 25.2. The van der Waals surface area contributed by atoms with Gasteiger partial charge in [0.2, 0.25) is 22.5 Å². The van der Waals surface area contributed by atoms with Crippen LogP contribution >= 0.6 is 0 Å². The number of amides is 4. The SMILES string of the molecule is [2H]c1nc(=Nc2cc(C(=O)Nc3c([2H])c(C)c([2H])c(-n4c([2H])cc(C)c4[2H])c3[2H])ccc2C([2H])([2H])[2H])[nH]c(-c2cccnc2)c1[2H].[2H]c1nc(=Nc2cc(C(=O)Nc3c([2H])c(C)c([2H])c(-n4c([2H])nc(C)c4[2H])c3[2H])ccc2C([2H])([2H])[2H])[nH]c(-c2cccnc2)c1[2H].[2H]c1nc(=Nc2cc(C(=O)Nc3c([2H])c(C)c([2H])c(-n4c([2H])nc(C)c4[2H])c3[2H])ccc2C)[nH]c(-c2cccnc2)c1[2H].[2H]c1nc(=Nc2cc(C(=O)Nc3c([2H])c(C)c([2H])c(-n4ccc(C)c4)c3[2H])ccc2C)[nH]c(-c2c([2H])nc([2H])c([2H])c2[2H])c1[2H]. The molecule has 4 amide bonds. The molecule has 0 aliphatic heterocycles. The van der Waals surface area contributed by atoms with Gasteiger partial charge in [0, 0.05) is 210 Å². The number of imidazole rings is 2. The summed E-state index contributed by atoms with van der Waals surface area (Å²) in [5, 5.41) is 10.3. The topological polar surface area (TPSA) is 378 Å². The molecular formula is C114H102N26O4. The Morgan fingerprint density at radius 2 is 0.681 bits per heavy atom. The maximum absolute atomic E-state index is 13.5. The first kappa shape index (κ1) is 61.1. The highest BCUT2D eigenvalue weighted by molar-refractivity contribution is 6.07. The second kappa shape index (κ2) is 44.5. The van der Waals surface area contributed by atoms with E-state index in [1.54, 1.807) is 112 Å². The van der Waals surface area contributed by atoms with Crippen molar-refractivity contribution in [2.24, 2.45) is 20.0 Å². The molecule has 712 valence electrons. The van der Waals surface area contributed by atoms with E-state index in [-0.39, 0.29) is 279 Å². The summed E-state index contributed by atoms with van der Waals surface area (Å²) >= 11 is 0. The summed E-state index contributed by atoms with van der Waals surface area (Å²) in [5.41, 5.74) is 3.76. The molecule has 30 heteroatoms. The van der Waals surface area contributed by atoms with Gasteiger partial charge in [-0.05, 0) is 344 Å². The van der Waals surface area contributed by atoms with Crippen LogP contribution in [0.5, 0.6) is 0 Å². The van der Waals surface area contributed by atoms with Gasteiger partial charge in [0.05, 0.1) is 108 Å². The minimum absolute atomic E-state index is 0.00560. The molecule has 30 nitrogen and oxygen atoms in total. The van der Waals surface area contributed by atoms with Crippen LogP contribution in [-0.2, 0) is 0 Å². The van der Waals surface area contributed by atoms with Crippen molar-refractivity contribution in [1.82, 2.24) is 88.0 Å². The molecule has 0 unspecified atom stereocenters. The number of anilines is 4. The number of aryl methyl sites for hydroxylation is 8. The van der Waals surface area contributed by atoms with Crippen molar-refractivity contribution >= 4 is 69.1 Å². The molecule has 20 rings (SSSR count). The highest BCUT2D eigenvalue weighted by Gasteiger charge is 2.18. The lowest BCUT2D eigenvalue weighted by molar-refractivity contribution is 0.101. The fraction of sp³-hybridized carbons (Fsp3) is 0.105. The van der Waals surface area contributed by atoms with Crippen molar-refractivity contribution in [3.63, 3.8) is 0 Å². The molecule has 144 heavy (non-hydrogen) atoms. The number of H-pyrrole nitrogens is 4. The molecule has 0 bridgehead atoms. The molecule has 0 fully saturated rings. The Kier molecular flexibility index (Phi) is 18.9. The Hall–Kier alpha value is -19.3. The largest absolute Gasteiger partial charge is 0.324 e. The van der Waals surface area contributed by atoms with Crippen LogP contribution < -0.4 is 43.7 Å². The maximum atomic E-state index is 13.5. The highest BCUT2D eigenvalue weighted by Crippen LogP contribution is 2.31. The number of nitrogens with zero attached hydrogens (tertiary/aromatic N) is 18. The molecule has 8 aromatic carbocycles. The number of carbonyl (C=O) groups excluding carboxylic acids is 4. The van der Waals surface area contributed by atoms with Gasteiger partial charge in [-0.25, -0.2) is 49.9 Å². The van der Waals surface area contributed by atoms with Crippen molar-refractivity contribution in [2.75, 3.05) is 21.3 Å². The Morgan fingerprint density at radius 3 is 1.00 bits per heavy atom. The molecule has 8 N–H and O–H groups in total. The van der Waals surface area contributed by atoms with Crippen LogP contribution in [0.4, 0.5) is 45.5 Å². The molecular weight excluding hydrogens is 1800 g/mol. The van der Waals surface area contributed by atoms with E-state index in [1.165, 1.54) is 120 Å². The van der Waals surface area contributed by atoms with E-state index in [9.17, 15) is 19.2 Å². The Morgan fingerprint density at radius 1 is 0.333 bits per heavy atom. The average Bonchev–Trinajstić information content (AvgIpc) is 1.56. The van der Waals surface area contributed by atoms with E-state index < -0.39 is 111 Å². The number of hydrogen-bond acceptors (Lipinski definition) is 18. The quantitative estimate of drug-likeness (QED) is 0.0352. The fourth-order valence-corrected chi connectivity index (χ4v) is 13.4. The smallest absolute Gasteiger partial charge is 0.255 e. The van der Waals surface area contributed by atoms with Crippen molar-refractivity contribution < 1.29 is 68.5 Å². The molecule has 0 saturated carbocycles. The molecule has 12 heterocycles. The number of rotatable bonds is 20. The second-order valence-electron chi connectivity index (χ2n) is 31.5. The van der Waals surface area contributed by atoms with Gasteiger partial charge in [0.15, 0.2) is 0 Å². The average molecular weight is 1940 g/mol. The first-order chi connectivity index (χ1) is 84.8.